The van der Waals surface area contributed by atoms with Crippen molar-refractivity contribution in [2.24, 2.45) is 4.99 Å². The Morgan fingerprint density at radius 1 is 1.10 bits per heavy atom. The van der Waals surface area contributed by atoms with Gasteiger partial charge in [-0.05, 0) is 36.8 Å². The van der Waals surface area contributed by atoms with Crippen molar-refractivity contribution < 1.29 is 0 Å². The second-order valence-corrected chi connectivity index (χ2v) is 7.86. The highest BCUT2D eigenvalue weighted by Crippen LogP contribution is 2.14. The fourth-order valence-corrected chi connectivity index (χ4v) is 3.97. The minimum absolute atomic E-state index is 0.681. The first kappa shape index (κ1) is 20.6. The van der Waals surface area contributed by atoms with Crippen molar-refractivity contribution in [3.05, 3.63) is 65.1 Å². The second-order valence-electron chi connectivity index (χ2n) is 7.42. The lowest BCUT2D eigenvalue weighted by Crippen LogP contribution is -2.52. The Kier molecular flexibility index (Phi) is 6.81. The molecule has 3 heterocycles. The number of benzene rings is 1. The number of nitrogens with zero attached hydrogens (tertiary/aromatic N) is 6. The SMILES string of the molecule is CCNC(=NCCc1nnc2ccccn12)N1CCN(Cc2cccc(Cl)c2)CC1. The van der Waals surface area contributed by atoms with E-state index in [1.165, 1.54) is 5.56 Å². The summed E-state index contributed by atoms with van der Waals surface area (Å²) < 4.78 is 2.02. The Hall–Kier alpha value is -2.64. The van der Waals surface area contributed by atoms with Crippen molar-refractivity contribution in [3.8, 4) is 0 Å². The molecule has 0 saturated carbocycles. The summed E-state index contributed by atoms with van der Waals surface area (Å²) in [5.74, 6) is 1.92. The molecule has 158 valence electrons. The van der Waals surface area contributed by atoms with Gasteiger partial charge in [0.05, 0.1) is 0 Å². The van der Waals surface area contributed by atoms with Gasteiger partial charge in [-0.25, -0.2) is 0 Å². The summed E-state index contributed by atoms with van der Waals surface area (Å²) in [6, 6.07) is 14.1. The Morgan fingerprint density at radius 3 is 2.77 bits per heavy atom. The van der Waals surface area contributed by atoms with Crippen LogP contribution < -0.4 is 5.32 Å². The van der Waals surface area contributed by atoms with Crippen molar-refractivity contribution in [2.45, 2.75) is 19.9 Å². The second kappa shape index (κ2) is 9.91. The molecule has 0 aliphatic carbocycles. The van der Waals surface area contributed by atoms with E-state index in [2.05, 4.69) is 38.3 Å². The third-order valence-corrected chi connectivity index (χ3v) is 5.52. The van der Waals surface area contributed by atoms with Crippen LogP contribution in [0.4, 0.5) is 0 Å². The third kappa shape index (κ3) is 5.09. The molecular weight excluding hydrogens is 398 g/mol. The van der Waals surface area contributed by atoms with Crippen LogP contribution in [0.15, 0.2) is 53.7 Å². The average molecular weight is 426 g/mol. The van der Waals surface area contributed by atoms with Crippen LogP contribution in [0.25, 0.3) is 5.65 Å². The molecule has 7 nitrogen and oxygen atoms in total. The van der Waals surface area contributed by atoms with Crippen molar-refractivity contribution >= 4 is 23.2 Å². The number of nitrogens with one attached hydrogen (secondary N) is 1. The Labute approximate surface area is 182 Å². The van der Waals surface area contributed by atoms with Gasteiger partial charge in [-0.3, -0.25) is 14.3 Å². The number of hydrogen-bond donors (Lipinski definition) is 1. The van der Waals surface area contributed by atoms with Crippen LogP contribution in [0.2, 0.25) is 5.02 Å². The van der Waals surface area contributed by atoms with E-state index in [1.807, 2.05) is 47.0 Å². The zero-order valence-electron chi connectivity index (χ0n) is 17.3. The molecule has 30 heavy (non-hydrogen) atoms. The monoisotopic (exact) mass is 425 g/mol. The summed E-state index contributed by atoms with van der Waals surface area (Å²) >= 11 is 6.12. The van der Waals surface area contributed by atoms with Gasteiger partial charge >= 0.3 is 0 Å². The van der Waals surface area contributed by atoms with Crippen LogP contribution in [0.1, 0.15) is 18.3 Å². The number of aromatic nitrogens is 3. The number of piperazine rings is 1. The molecule has 8 heteroatoms. The van der Waals surface area contributed by atoms with Crippen molar-refractivity contribution in [1.82, 2.24) is 29.7 Å². The van der Waals surface area contributed by atoms with Gasteiger partial charge in [0, 0.05) is 63.5 Å². The number of fused-ring (bicyclic) bond motifs is 1. The maximum absolute atomic E-state index is 6.12. The fraction of sp³-hybridized carbons (Fsp3) is 0.409. The van der Waals surface area contributed by atoms with E-state index in [-0.39, 0.29) is 0 Å². The number of hydrogen-bond acceptors (Lipinski definition) is 4. The topological polar surface area (TPSA) is 61.1 Å². The van der Waals surface area contributed by atoms with Crippen molar-refractivity contribution in [3.63, 3.8) is 0 Å². The Morgan fingerprint density at radius 2 is 1.97 bits per heavy atom. The van der Waals surface area contributed by atoms with E-state index in [1.54, 1.807) is 0 Å². The Bertz CT molecular complexity index is 992. The van der Waals surface area contributed by atoms with Crippen LogP contribution in [0.3, 0.4) is 0 Å². The molecule has 1 aliphatic heterocycles. The molecule has 0 spiro atoms. The molecule has 0 amide bonds. The largest absolute Gasteiger partial charge is 0.357 e. The highest BCUT2D eigenvalue weighted by Gasteiger charge is 2.19. The molecule has 1 aliphatic rings. The van der Waals surface area contributed by atoms with Gasteiger partial charge in [0.1, 0.15) is 5.82 Å². The predicted octanol–water partition coefficient (Wildman–Crippen LogP) is 2.71. The van der Waals surface area contributed by atoms with E-state index in [0.717, 1.165) is 68.1 Å². The molecule has 1 fully saturated rings. The molecule has 0 bridgehead atoms. The molecule has 0 atom stereocenters. The number of rotatable bonds is 6. The van der Waals surface area contributed by atoms with Gasteiger partial charge in [-0.1, -0.05) is 29.8 Å². The van der Waals surface area contributed by atoms with E-state index in [9.17, 15) is 0 Å². The highest BCUT2D eigenvalue weighted by atomic mass is 35.5. The quantitative estimate of drug-likeness (QED) is 0.486. The number of halogens is 1. The standard InChI is InChI=1S/C22H28ClN7/c1-2-24-22(25-10-9-21-27-26-20-8-3-4-11-30(20)21)29-14-12-28(13-15-29)17-18-6-5-7-19(23)16-18/h3-8,11,16H,2,9-10,12-15,17H2,1H3,(H,24,25). The summed E-state index contributed by atoms with van der Waals surface area (Å²) in [6.07, 6.45) is 2.76. The van der Waals surface area contributed by atoms with Gasteiger partial charge in [0.15, 0.2) is 11.6 Å². The molecule has 4 rings (SSSR count). The normalized spacial score (nSPS) is 15.7. The smallest absolute Gasteiger partial charge is 0.194 e. The summed E-state index contributed by atoms with van der Waals surface area (Å²) in [5, 5.41) is 12.8. The van der Waals surface area contributed by atoms with Gasteiger partial charge < -0.3 is 10.2 Å². The van der Waals surface area contributed by atoms with Crippen LogP contribution in [0.5, 0.6) is 0 Å². The summed E-state index contributed by atoms with van der Waals surface area (Å²) in [4.78, 5) is 9.67. The average Bonchev–Trinajstić information content (AvgIpc) is 3.17. The fourth-order valence-electron chi connectivity index (χ4n) is 3.76. The minimum atomic E-state index is 0.681. The zero-order valence-corrected chi connectivity index (χ0v) is 18.1. The minimum Gasteiger partial charge on any atom is -0.357 e. The number of pyridine rings is 1. The lowest BCUT2D eigenvalue weighted by Gasteiger charge is -2.36. The van der Waals surface area contributed by atoms with Crippen LogP contribution >= 0.6 is 11.6 Å². The Balaban J connectivity index is 1.32. The van der Waals surface area contributed by atoms with E-state index in [4.69, 9.17) is 16.6 Å². The summed E-state index contributed by atoms with van der Waals surface area (Å²) in [7, 11) is 0. The van der Waals surface area contributed by atoms with Crippen molar-refractivity contribution in [1.29, 1.82) is 0 Å². The van der Waals surface area contributed by atoms with E-state index >= 15 is 0 Å². The summed E-state index contributed by atoms with van der Waals surface area (Å²) in [6.45, 7) is 8.51. The summed E-state index contributed by atoms with van der Waals surface area (Å²) in [5.41, 5.74) is 2.14. The van der Waals surface area contributed by atoms with Gasteiger partial charge in [-0.2, -0.15) is 0 Å². The molecule has 3 aromatic rings. The molecule has 1 N–H and O–H groups in total. The lowest BCUT2D eigenvalue weighted by molar-refractivity contribution is 0.172. The lowest BCUT2D eigenvalue weighted by atomic mass is 10.2. The van der Waals surface area contributed by atoms with Gasteiger partial charge in [-0.15, -0.1) is 10.2 Å². The van der Waals surface area contributed by atoms with Crippen LogP contribution in [-0.2, 0) is 13.0 Å². The predicted molar refractivity (Wildman–Crippen MR) is 121 cm³/mol. The molecule has 1 aromatic carbocycles. The van der Waals surface area contributed by atoms with E-state index in [0.29, 0.717) is 6.54 Å². The van der Waals surface area contributed by atoms with Crippen LogP contribution in [0, 0.1) is 0 Å². The molecule has 0 unspecified atom stereocenters. The van der Waals surface area contributed by atoms with Crippen molar-refractivity contribution in [2.75, 3.05) is 39.3 Å². The molecule has 2 aromatic heterocycles. The first-order valence-electron chi connectivity index (χ1n) is 10.5. The van der Waals surface area contributed by atoms with Gasteiger partial charge in [0.2, 0.25) is 0 Å². The first-order chi connectivity index (χ1) is 14.7. The number of guanidine groups is 1. The molecular formula is C22H28ClN7. The van der Waals surface area contributed by atoms with Crippen LogP contribution in [-0.4, -0.2) is 69.6 Å². The highest BCUT2D eigenvalue weighted by molar-refractivity contribution is 6.30. The first-order valence-corrected chi connectivity index (χ1v) is 10.9. The molecule has 1 saturated heterocycles. The maximum atomic E-state index is 6.12. The van der Waals surface area contributed by atoms with Gasteiger partial charge in [0.25, 0.3) is 0 Å². The maximum Gasteiger partial charge on any atom is 0.194 e. The zero-order chi connectivity index (χ0) is 20.8. The third-order valence-electron chi connectivity index (χ3n) is 5.28. The molecule has 0 radical (unpaired) electrons. The number of aliphatic imine (C=N–C) groups is 1. The van der Waals surface area contributed by atoms with E-state index < -0.39 is 0 Å².